The van der Waals surface area contributed by atoms with Crippen LogP contribution in [0.1, 0.15) is 5.76 Å². The average molecular weight is 336 g/mol. The second kappa shape index (κ2) is 5.67. The van der Waals surface area contributed by atoms with Gasteiger partial charge in [0.2, 0.25) is 0 Å². The van der Waals surface area contributed by atoms with Crippen molar-refractivity contribution in [1.29, 1.82) is 0 Å². The van der Waals surface area contributed by atoms with Crippen molar-refractivity contribution in [2.24, 2.45) is 0 Å². The number of benzene rings is 1. The summed E-state index contributed by atoms with van der Waals surface area (Å²) in [5.74, 6) is 1.21. The molecule has 3 nitrogen and oxygen atoms in total. The molecule has 106 valence electrons. The van der Waals surface area contributed by atoms with E-state index in [1.165, 1.54) is 16.7 Å². The monoisotopic (exact) mass is 335 g/mol. The van der Waals surface area contributed by atoms with E-state index in [1.807, 2.05) is 36.4 Å². The van der Waals surface area contributed by atoms with Crippen molar-refractivity contribution in [2.75, 3.05) is 7.05 Å². The zero-order chi connectivity index (χ0) is 15.0. The standard InChI is InChI=1S/C15H10ClNO2S2/c1-17-14(18)13(21-15(17)20)8-11-5-6-12(19-11)9-3-2-4-10(16)7-9/h2-8H,1H3/b13-8+. The Morgan fingerprint density at radius 1 is 1.33 bits per heavy atom. The van der Waals surface area contributed by atoms with Crippen LogP contribution in [0.15, 0.2) is 45.7 Å². The van der Waals surface area contributed by atoms with E-state index in [-0.39, 0.29) is 5.91 Å². The van der Waals surface area contributed by atoms with Crippen LogP contribution in [0, 0.1) is 0 Å². The summed E-state index contributed by atoms with van der Waals surface area (Å²) in [6.45, 7) is 0. The maximum atomic E-state index is 11.9. The maximum Gasteiger partial charge on any atom is 0.266 e. The fourth-order valence-corrected chi connectivity index (χ4v) is 3.25. The third kappa shape index (κ3) is 2.90. The van der Waals surface area contributed by atoms with Gasteiger partial charge in [0, 0.05) is 23.7 Å². The Labute approximate surface area is 136 Å². The van der Waals surface area contributed by atoms with Gasteiger partial charge in [-0.3, -0.25) is 9.69 Å². The number of likely N-dealkylation sites (N-methyl/N-ethyl adjacent to an activating group) is 1. The number of furan rings is 1. The quantitative estimate of drug-likeness (QED) is 0.600. The lowest BCUT2D eigenvalue weighted by Gasteiger charge is -2.03. The number of nitrogens with zero attached hydrogens (tertiary/aromatic N) is 1. The lowest BCUT2D eigenvalue weighted by Crippen LogP contribution is -2.22. The molecule has 0 saturated carbocycles. The van der Waals surface area contributed by atoms with Gasteiger partial charge >= 0.3 is 0 Å². The number of thiocarbonyl (C=S) groups is 1. The molecule has 2 aromatic rings. The van der Waals surface area contributed by atoms with Gasteiger partial charge in [-0.05, 0) is 24.3 Å². The summed E-state index contributed by atoms with van der Waals surface area (Å²) >= 11 is 12.3. The van der Waals surface area contributed by atoms with E-state index < -0.39 is 0 Å². The van der Waals surface area contributed by atoms with Crippen molar-refractivity contribution in [3.05, 3.63) is 52.1 Å². The van der Waals surface area contributed by atoms with Gasteiger partial charge in [-0.15, -0.1) is 0 Å². The highest BCUT2D eigenvalue weighted by atomic mass is 35.5. The van der Waals surface area contributed by atoms with Crippen LogP contribution in [0.4, 0.5) is 0 Å². The second-order valence-corrected chi connectivity index (χ2v) is 6.57. The predicted molar refractivity (Wildman–Crippen MR) is 90.1 cm³/mol. The van der Waals surface area contributed by atoms with Crippen molar-refractivity contribution in [3.8, 4) is 11.3 Å². The summed E-state index contributed by atoms with van der Waals surface area (Å²) < 4.78 is 6.29. The Bertz CT molecular complexity index is 767. The normalized spacial score (nSPS) is 17.0. The molecule has 2 heterocycles. The summed E-state index contributed by atoms with van der Waals surface area (Å²) in [5, 5.41) is 0.650. The summed E-state index contributed by atoms with van der Waals surface area (Å²) in [5.41, 5.74) is 0.894. The van der Waals surface area contributed by atoms with Gasteiger partial charge in [-0.25, -0.2) is 0 Å². The smallest absolute Gasteiger partial charge is 0.266 e. The third-order valence-corrected chi connectivity index (χ3v) is 4.72. The minimum absolute atomic E-state index is 0.106. The summed E-state index contributed by atoms with van der Waals surface area (Å²) in [4.78, 5) is 13.9. The molecule has 3 rings (SSSR count). The van der Waals surface area contributed by atoms with Gasteiger partial charge in [0.25, 0.3) is 5.91 Å². The topological polar surface area (TPSA) is 33.5 Å². The number of carbonyl (C=O) groups is 1. The molecule has 1 fully saturated rings. The van der Waals surface area contributed by atoms with E-state index in [1.54, 1.807) is 13.1 Å². The molecular weight excluding hydrogens is 326 g/mol. The zero-order valence-electron chi connectivity index (χ0n) is 11.0. The molecule has 0 atom stereocenters. The lowest BCUT2D eigenvalue weighted by molar-refractivity contribution is -0.121. The van der Waals surface area contributed by atoms with Crippen LogP contribution in [-0.4, -0.2) is 22.2 Å². The molecule has 1 aromatic carbocycles. The van der Waals surface area contributed by atoms with E-state index in [0.29, 0.717) is 25.8 Å². The van der Waals surface area contributed by atoms with Crippen LogP contribution in [0.2, 0.25) is 5.02 Å². The molecule has 1 amide bonds. The Morgan fingerprint density at radius 2 is 2.14 bits per heavy atom. The molecule has 0 unspecified atom stereocenters. The van der Waals surface area contributed by atoms with Crippen molar-refractivity contribution < 1.29 is 9.21 Å². The number of carbonyl (C=O) groups excluding carboxylic acids is 1. The molecule has 0 radical (unpaired) electrons. The van der Waals surface area contributed by atoms with Gasteiger partial charge in [0.15, 0.2) is 0 Å². The van der Waals surface area contributed by atoms with E-state index >= 15 is 0 Å². The number of thioether (sulfide) groups is 1. The van der Waals surface area contributed by atoms with Crippen molar-refractivity contribution >= 4 is 51.9 Å². The molecule has 0 N–H and O–H groups in total. The van der Waals surface area contributed by atoms with Crippen molar-refractivity contribution in [2.45, 2.75) is 0 Å². The molecule has 1 aromatic heterocycles. The van der Waals surface area contributed by atoms with Crippen LogP contribution in [0.25, 0.3) is 17.4 Å². The number of halogens is 1. The fraction of sp³-hybridized carbons (Fsp3) is 0.0667. The molecule has 1 saturated heterocycles. The molecule has 0 aliphatic carbocycles. The number of rotatable bonds is 2. The van der Waals surface area contributed by atoms with Gasteiger partial charge < -0.3 is 4.42 Å². The number of amides is 1. The average Bonchev–Trinajstić information content (AvgIpc) is 3.01. The lowest BCUT2D eigenvalue weighted by atomic mass is 10.2. The SMILES string of the molecule is CN1C(=O)/C(=C\c2ccc(-c3cccc(Cl)c3)o2)SC1=S. The Kier molecular flexibility index (Phi) is 3.89. The molecule has 0 spiro atoms. The summed E-state index contributed by atoms with van der Waals surface area (Å²) in [7, 11) is 1.66. The van der Waals surface area contributed by atoms with Crippen LogP contribution >= 0.6 is 35.6 Å². The van der Waals surface area contributed by atoms with Crippen molar-refractivity contribution in [3.63, 3.8) is 0 Å². The highest BCUT2D eigenvalue weighted by Gasteiger charge is 2.28. The van der Waals surface area contributed by atoms with Crippen LogP contribution < -0.4 is 0 Å². The first kappa shape index (κ1) is 14.4. The van der Waals surface area contributed by atoms with Crippen molar-refractivity contribution in [1.82, 2.24) is 4.90 Å². The maximum absolute atomic E-state index is 11.9. The molecule has 0 bridgehead atoms. The highest BCUT2D eigenvalue weighted by molar-refractivity contribution is 8.26. The van der Waals surface area contributed by atoms with Crippen LogP contribution in [0.3, 0.4) is 0 Å². The summed E-state index contributed by atoms with van der Waals surface area (Å²) in [6.07, 6.45) is 1.71. The van der Waals surface area contributed by atoms with Gasteiger partial charge in [-0.2, -0.15) is 0 Å². The zero-order valence-corrected chi connectivity index (χ0v) is 13.4. The molecule has 1 aliphatic heterocycles. The van der Waals surface area contributed by atoms with Crippen LogP contribution in [-0.2, 0) is 4.79 Å². The largest absolute Gasteiger partial charge is 0.457 e. The molecule has 1 aliphatic rings. The van der Waals surface area contributed by atoms with Gasteiger partial charge in [-0.1, -0.05) is 47.7 Å². The highest BCUT2D eigenvalue weighted by Crippen LogP contribution is 2.32. The van der Waals surface area contributed by atoms with Gasteiger partial charge in [0.1, 0.15) is 15.8 Å². The Balaban J connectivity index is 1.89. The third-order valence-electron chi connectivity index (χ3n) is 3.00. The van der Waals surface area contributed by atoms with E-state index in [4.69, 9.17) is 28.2 Å². The summed E-state index contributed by atoms with van der Waals surface area (Å²) in [6, 6.07) is 11.1. The van der Waals surface area contributed by atoms with E-state index in [9.17, 15) is 4.79 Å². The number of hydrogen-bond acceptors (Lipinski definition) is 4. The first-order chi connectivity index (χ1) is 10.0. The van der Waals surface area contributed by atoms with Gasteiger partial charge in [0.05, 0.1) is 4.91 Å². The van der Waals surface area contributed by atoms with E-state index in [0.717, 1.165) is 5.56 Å². The van der Waals surface area contributed by atoms with Crippen LogP contribution in [0.5, 0.6) is 0 Å². The molecule has 21 heavy (non-hydrogen) atoms. The fourth-order valence-electron chi connectivity index (χ4n) is 1.90. The molecular formula is C15H10ClNO2S2. The molecule has 6 heteroatoms. The van der Waals surface area contributed by atoms with E-state index in [2.05, 4.69) is 0 Å². The number of hydrogen-bond donors (Lipinski definition) is 0. The Morgan fingerprint density at radius 3 is 2.81 bits per heavy atom. The first-order valence-corrected chi connectivity index (χ1v) is 7.72. The predicted octanol–water partition coefficient (Wildman–Crippen LogP) is 4.43. The Hall–Kier alpha value is -1.56. The first-order valence-electron chi connectivity index (χ1n) is 6.12. The minimum atomic E-state index is -0.106. The minimum Gasteiger partial charge on any atom is -0.457 e. The second-order valence-electron chi connectivity index (χ2n) is 4.45.